The maximum atomic E-state index is 13.1. The molecule has 1 heterocycles. The van der Waals surface area contributed by atoms with E-state index in [0.717, 1.165) is 17.0 Å². The van der Waals surface area contributed by atoms with Gasteiger partial charge in [-0.15, -0.1) is 0 Å². The third-order valence-electron chi connectivity index (χ3n) is 2.81. The largest absolute Gasteiger partial charge is 0.308 e. The van der Waals surface area contributed by atoms with Crippen LogP contribution >= 0.6 is 23.2 Å². The Morgan fingerprint density at radius 3 is 2.26 bits per heavy atom. The molecule has 1 amide bonds. The second-order valence-corrected chi connectivity index (χ2v) is 6.80. The van der Waals surface area contributed by atoms with Gasteiger partial charge in [0.15, 0.2) is 0 Å². The van der Waals surface area contributed by atoms with E-state index in [1.165, 1.54) is 0 Å². The van der Waals surface area contributed by atoms with Gasteiger partial charge in [0.1, 0.15) is 11.1 Å². The third-order valence-corrected chi connectivity index (χ3v) is 4.63. The summed E-state index contributed by atoms with van der Waals surface area (Å²) in [7, 11) is -3.83. The van der Waals surface area contributed by atoms with Crippen LogP contribution in [0, 0.1) is 5.82 Å². The molecule has 1 unspecified atom stereocenters. The van der Waals surface area contributed by atoms with E-state index >= 15 is 0 Å². The summed E-state index contributed by atoms with van der Waals surface area (Å²) in [5.41, 5.74) is 0.0980. The zero-order valence-corrected chi connectivity index (χ0v) is 11.8. The number of nitrogens with zero attached hydrogens (tertiary/aromatic N) is 1. The van der Waals surface area contributed by atoms with Crippen LogP contribution in [0.4, 0.5) is 10.1 Å². The van der Waals surface area contributed by atoms with Gasteiger partial charge in [-0.25, -0.2) is 17.9 Å². The maximum Gasteiger partial charge on any atom is 0.228 e. The highest BCUT2D eigenvalue weighted by molar-refractivity contribution is 7.89. The van der Waals surface area contributed by atoms with Crippen LogP contribution in [0.5, 0.6) is 0 Å². The molecule has 104 valence electrons. The fourth-order valence-corrected chi connectivity index (χ4v) is 3.30. The van der Waals surface area contributed by atoms with Gasteiger partial charge in [-0.3, -0.25) is 4.79 Å². The number of hydrogen-bond acceptors (Lipinski definition) is 3. The van der Waals surface area contributed by atoms with E-state index in [4.69, 9.17) is 28.3 Å². The second-order valence-electron chi connectivity index (χ2n) is 4.14. The molecular formula is C10H9Cl2FN2O3S. The first-order valence-electron chi connectivity index (χ1n) is 5.16. The van der Waals surface area contributed by atoms with E-state index in [2.05, 4.69) is 0 Å². The van der Waals surface area contributed by atoms with Gasteiger partial charge >= 0.3 is 0 Å². The van der Waals surface area contributed by atoms with Crippen LogP contribution in [-0.2, 0) is 14.8 Å². The molecule has 2 rings (SSSR count). The summed E-state index contributed by atoms with van der Waals surface area (Å²) < 4.78 is 35.6. The van der Waals surface area contributed by atoms with Gasteiger partial charge in [-0.05, 0) is 12.1 Å². The normalized spacial score (nSPS) is 20.1. The van der Waals surface area contributed by atoms with Crippen LogP contribution in [0.3, 0.4) is 0 Å². The number of amides is 1. The summed E-state index contributed by atoms with van der Waals surface area (Å²) in [5.74, 6) is -1.12. The molecule has 1 fully saturated rings. The number of benzene rings is 1. The van der Waals surface area contributed by atoms with E-state index in [1.54, 1.807) is 0 Å². The Labute approximate surface area is 119 Å². The van der Waals surface area contributed by atoms with Crippen LogP contribution < -0.4 is 10.0 Å². The average molecular weight is 327 g/mol. The SMILES string of the molecule is NS(=O)(=O)C1CC(=O)N(c2c(Cl)cc(F)cc2Cl)C1. The highest BCUT2D eigenvalue weighted by Crippen LogP contribution is 2.37. The second kappa shape index (κ2) is 4.90. The van der Waals surface area contributed by atoms with Crippen LogP contribution in [0.1, 0.15) is 6.42 Å². The van der Waals surface area contributed by atoms with Crippen molar-refractivity contribution in [1.29, 1.82) is 0 Å². The van der Waals surface area contributed by atoms with Crippen molar-refractivity contribution in [2.45, 2.75) is 11.7 Å². The smallest absolute Gasteiger partial charge is 0.228 e. The molecule has 19 heavy (non-hydrogen) atoms. The van der Waals surface area contributed by atoms with E-state index < -0.39 is 27.0 Å². The average Bonchev–Trinajstić information content (AvgIpc) is 2.59. The highest BCUT2D eigenvalue weighted by atomic mass is 35.5. The van der Waals surface area contributed by atoms with Gasteiger partial charge in [-0.2, -0.15) is 0 Å². The molecule has 0 radical (unpaired) electrons. The summed E-state index contributed by atoms with van der Waals surface area (Å²) in [6, 6.07) is 2.00. The fourth-order valence-electron chi connectivity index (χ4n) is 1.90. The zero-order valence-electron chi connectivity index (χ0n) is 9.44. The van der Waals surface area contributed by atoms with E-state index in [0.29, 0.717) is 0 Å². The third kappa shape index (κ3) is 2.84. The van der Waals surface area contributed by atoms with Crippen LogP contribution in [0.2, 0.25) is 10.0 Å². The lowest BCUT2D eigenvalue weighted by atomic mass is 10.3. The fraction of sp³-hybridized carbons (Fsp3) is 0.300. The maximum absolute atomic E-state index is 13.1. The Kier molecular flexibility index (Phi) is 3.74. The number of hydrogen-bond donors (Lipinski definition) is 1. The number of carbonyl (C=O) groups is 1. The van der Waals surface area contributed by atoms with Gasteiger partial charge in [0, 0.05) is 13.0 Å². The van der Waals surface area contributed by atoms with Crippen LogP contribution in [0.15, 0.2) is 12.1 Å². The Morgan fingerprint density at radius 1 is 1.32 bits per heavy atom. The standard InChI is InChI=1S/C10H9Cl2FN2O3S/c11-7-1-5(13)2-8(12)10(7)15-4-6(3-9(15)16)19(14,17)18/h1-2,6H,3-4H2,(H2,14,17,18). The van der Waals surface area contributed by atoms with Gasteiger partial charge in [-0.1, -0.05) is 23.2 Å². The zero-order chi connectivity index (χ0) is 14.4. The molecule has 1 aromatic rings. The summed E-state index contributed by atoms with van der Waals surface area (Å²) in [4.78, 5) is 12.9. The Morgan fingerprint density at radius 2 is 1.84 bits per heavy atom. The summed E-state index contributed by atoms with van der Waals surface area (Å²) in [5, 5.41) is 3.87. The molecule has 9 heteroatoms. The first-order valence-corrected chi connectivity index (χ1v) is 7.53. The number of anilines is 1. The Bertz CT molecular complexity index is 627. The minimum absolute atomic E-state index is 0.0616. The molecule has 5 nitrogen and oxygen atoms in total. The van der Waals surface area contributed by atoms with Crippen LogP contribution in [0.25, 0.3) is 0 Å². The van der Waals surface area contributed by atoms with Crippen molar-refractivity contribution >= 4 is 44.8 Å². The summed E-state index contributed by atoms with van der Waals surface area (Å²) in [6.07, 6.45) is -0.247. The molecule has 0 spiro atoms. The first kappa shape index (κ1) is 14.5. The predicted molar refractivity (Wildman–Crippen MR) is 70.3 cm³/mol. The summed E-state index contributed by atoms with van der Waals surface area (Å²) in [6.45, 7) is -0.150. The number of nitrogens with two attached hydrogens (primary N) is 1. The molecule has 1 aliphatic heterocycles. The molecule has 1 aromatic carbocycles. The van der Waals surface area contributed by atoms with Crippen molar-refractivity contribution in [2.24, 2.45) is 5.14 Å². The number of carbonyl (C=O) groups excluding carboxylic acids is 1. The number of primary sulfonamides is 1. The quantitative estimate of drug-likeness (QED) is 0.894. The van der Waals surface area contributed by atoms with E-state index in [9.17, 15) is 17.6 Å². The minimum atomic E-state index is -3.83. The molecule has 1 atom stereocenters. The van der Waals surface area contributed by atoms with Crippen molar-refractivity contribution < 1.29 is 17.6 Å². The monoisotopic (exact) mass is 326 g/mol. The van der Waals surface area contributed by atoms with Gasteiger partial charge in [0.25, 0.3) is 0 Å². The number of rotatable bonds is 2. The lowest BCUT2D eigenvalue weighted by molar-refractivity contribution is -0.117. The predicted octanol–water partition coefficient (Wildman–Crippen LogP) is 1.53. The summed E-state index contributed by atoms with van der Waals surface area (Å²) >= 11 is 11.7. The molecule has 0 aliphatic carbocycles. The topological polar surface area (TPSA) is 80.5 Å². The molecule has 0 bridgehead atoms. The number of sulfonamides is 1. The van der Waals surface area contributed by atoms with Gasteiger partial charge in [0.2, 0.25) is 15.9 Å². The van der Waals surface area contributed by atoms with Crippen molar-refractivity contribution in [2.75, 3.05) is 11.4 Å². The van der Waals surface area contributed by atoms with E-state index in [1.807, 2.05) is 0 Å². The lowest BCUT2D eigenvalue weighted by Crippen LogP contribution is -2.32. The molecule has 0 saturated carbocycles. The van der Waals surface area contributed by atoms with Crippen molar-refractivity contribution in [3.63, 3.8) is 0 Å². The molecule has 0 aromatic heterocycles. The van der Waals surface area contributed by atoms with Crippen molar-refractivity contribution in [3.8, 4) is 0 Å². The minimum Gasteiger partial charge on any atom is -0.308 e. The Balaban J connectivity index is 2.42. The van der Waals surface area contributed by atoms with Crippen LogP contribution in [-0.4, -0.2) is 26.1 Å². The molecule has 1 saturated heterocycles. The lowest BCUT2D eigenvalue weighted by Gasteiger charge is -2.19. The van der Waals surface area contributed by atoms with E-state index in [-0.39, 0.29) is 28.7 Å². The molecule has 2 N–H and O–H groups in total. The Hall–Kier alpha value is -0.890. The van der Waals surface area contributed by atoms with Crippen molar-refractivity contribution in [3.05, 3.63) is 28.0 Å². The van der Waals surface area contributed by atoms with Gasteiger partial charge < -0.3 is 4.90 Å². The number of halogens is 3. The molecule has 1 aliphatic rings. The highest BCUT2D eigenvalue weighted by Gasteiger charge is 2.38. The molecular weight excluding hydrogens is 318 g/mol. The van der Waals surface area contributed by atoms with Crippen molar-refractivity contribution in [1.82, 2.24) is 0 Å². The first-order chi connectivity index (χ1) is 8.70. The van der Waals surface area contributed by atoms with Gasteiger partial charge in [0.05, 0.1) is 15.7 Å².